The van der Waals surface area contributed by atoms with E-state index in [1.807, 2.05) is 18.2 Å². The lowest BCUT2D eigenvalue weighted by Gasteiger charge is -2.11. The number of halogens is 2. The van der Waals surface area contributed by atoms with E-state index in [-0.39, 0.29) is 29.1 Å². The lowest BCUT2D eigenvalue weighted by Crippen LogP contribution is -2.22. The summed E-state index contributed by atoms with van der Waals surface area (Å²) in [6.45, 7) is 0.323. The average Bonchev–Trinajstić information content (AvgIpc) is 3.48. The molecule has 0 unspecified atom stereocenters. The number of pyridine rings is 1. The van der Waals surface area contributed by atoms with E-state index in [1.165, 1.54) is 22.8 Å². The van der Waals surface area contributed by atoms with Gasteiger partial charge in [-0.25, -0.2) is 4.39 Å². The molecular weight excluding hydrogens is 379 g/mol. The molecule has 0 aliphatic heterocycles. The molecule has 1 aliphatic carbocycles. The zero-order valence-corrected chi connectivity index (χ0v) is 15.7. The third-order valence-corrected chi connectivity index (χ3v) is 5.34. The molecule has 2 aromatic carbocycles. The van der Waals surface area contributed by atoms with Gasteiger partial charge in [0.25, 0.3) is 5.56 Å². The summed E-state index contributed by atoms with van der Waals surface area (Å²) in [5.41, 5.74) is 2.17. The number of carbonyl (C=O) groups excluding carboxylic acids is 1. The molecule has 0 radical (unpaired) electrons. The van der Waals surface area contributed by atoms with Gasteiger partial charge in [-0.05, 0) is 47.7 Å². The summed E-state index contributed by atoms with van der Waals surface area (Å²) < 4.78 is 14.6. The molecule has 142 valence electrons. The van der Waals surface area contributed by atoms with Crippen LogP contribution in [0.3, 0.4) is 0 Å². The van der Waals surface area contributed by atoms with Gasteiger partial charge in [0.05, 0.1) is 12.2 Å². The molecule has 1 aromatic heterocycles. The lowest BCUT2D eigenvalue weighted by molar-refractivity contribution is -0.117. The molecule has 1 N–H and O–H groups in total. The lowest BCUT2D eigenvalue weighted by atomic mass is 10.1. The second-order valence-electron chi connectivity index (χ2n) is 6.96. The molecule has 28 heavy (non-hydrogen) atoms. The van der Waals surface area contributed by atoms with Gasteiger partial charge in [-0.15, -0.1) is 0 Å². The Hall–Kier alpha value is -2.92. The van der Waals surface area contributed by atoms with Crippen LogP contribution < -0.4 is 10.9 Å². The van der Waals surface area contributed by atoms with Crippen LogP contribution >= 0.6 is 11.6 Å². The zero-order chi connectivity index (χ0) is 19.7. The van der Waals surface area contributed by atoms with Crippen LogP contribution in [0, 0.1) is 11.7 Å². The summed E-state index contributed by atoms with van der Waals surface area (Å²) in [5, 5.41) is 3.46. The molecule has 0 saturated heterocycles. The summed E-state index contributed by atoms with van der Waals surface area (Å²) in [5.74, 6) is -0.424. The Morgan fingerprint density at radius 3 is 2.61 bits per heavy atom. The molecule has 1 fully saturated rings. The molecule has 1 amide bonds. The number of aromatic nitrogens is 1. The van der Waals surface area contributed by atoms with Gasteiger partial charge in [-0.3, -0.25) is 9.59 Å². The van der Waals surface area contributed by atoms with E-state index in [9.17, 15) is 14.0 Å². The van der Waals surface area contributed by atoms with Crippen molar-refractivity contribution < 1.29 is 9.18 Å². The highest BCUT2D eigenvalue weighted by Crippen LogP contribution is 2.47. The molecule has 6 heteroatoms. The van der Waals surface area contributed by atoms with Crippen molar-refractivity contribution >= 4 is 23.2 Å². The maximum Gasteiger partial charge on any atom is 0.250 e. The number of amides is 1. The summed E-state index contributed by atoms with van der Waals surface area (Å²) in [7, 11) is 0. The van der Waals surface area contributed by atoms with Crippen LogP contribution in [-0.2, 0) is 11.3 Å². The Morgan fingerprint density at radius 2 is 1.86 bits per heavy atom. The van der Waals surface area contributed by atoms with Crippen LogP contribution in [0.4, 0.5) is 10.1 Å². The Labute approximate surface area is 166 Å². The number of rotatable bonds is 5. The summed E-state index contributed by atoms with van der Waals surface area (Å²) in [6.07, 6.45) is 2.36. The van der Waals surface area contributed by atoms with E-state index >= 15 is 0 Å². The molecular formula is C22H18ClFN2O2. The van der Waals surface area contributed by atoms with Crippen molar-refractivity contribution in [2.45, 2.75) is 18.9 Å². The van der Waals surface area contributed by atoms with Crippen molar-refractivity contribution in [1.29, 1.82) is 0 Å². The van der Waals surface area contributed by atoms with Gasteiger partial charge >= 0.3 is 0 Å². The number of hydrogen-bond acceptors (Lipinski definition) is 2. The maximum absolute atomic E-state index is 13.0. The first kappa shape index (κ1) is 18.4. The van der Waals surface area contributed by atoms with Crippen LogP contribution in [0.5, 0.6) is 0 Å². The van der Waals surface area contributed by atoms with Gasteiger partial charge in [-0.2, -0.15) is 0 Å². The summed E-state index contributed by atoms with van der Waals surface area (Å²) in [4.78, 5) is 24.7. The van der Waals surface area contributed by atoms with Crippen LogP contribution in [0.1, 0.15) is 23.5 Å². The molecule has 1 heterocycles. The molecule has 0 spiro atoms. The molecule has 4 nitrogen and oxygen atoms in total. The molecule has 1 aliphatic rings. The van der Waals surface area contributed by atoms with Crippen molar-refractivity contribution in [3.8, 4) is 0 Å². The summed E-state index contributed by atoms with van der Waals surface area (Å²) >= 11 is 6.18. The van der Waals surface area contributed by atoms with Crippen LogP contribution in [-0.4, -0.2) is 10.5 Å². The van der Waals surface area contributed by atoms with Crippen molar-refractivity contribution in [2.75, 3.05) is 5.32 Å². The van der Waals surface area contributed by atoms with Gasteiger partial charge in [0.2, 0.25) is 5.91 Å². The normalized spacial score (nSPS) is 17.9. The predicted octanol–water partition coefficient (Wildman–Crippen LogP) is 4.43. The quantitative estimate of drug-likeness (QED) is 0.693. The zero-order valence-electron chi connectivity index (χ0n) is 14.9. The van der Waals surface area contributed by atoms with Crippen LogP contribution in [0.2, 0.25) is 5.02 Å². The fourth-order valence-corrected chi connectivity index (χ4v) is 3.53. The highest BCUT2D eigenvalue weighted by Gasteiger charge is 2.43. The highest BCUT2D eigenvalue weighted by atomic mass is 35.5. The minimum absolute atomic E-state index is 0.0998. The third kappa shape index (κ3) is 3.99. The Kier molecular flexibility index (Phi) is 5.01. The standard InChI is InChI=1S/C22H18ClFN2O2/c23-20-4-2-1-3-15(20)12-26-13-17(9-10-21(26)27)25-22(28)19-11-18(19)14-5-7-16(24)8-6-14/h1-10,13,18-19H,11-12H2,(H,25,28)/t18-,19-/m1/s1. The monoisotopic (exact) mass is 396 g/mol. The topological polar surface area (TPSA) is 51.1 Å². The van der Waals surface area contributed by atoms with Crippen molar-refractivity contribution in [3.05, 3.63) is 99.2 Å². The average molecular weight is 397 g/mol. The largest absolute Gasteiger partial charge is 0.325 e. The second-order valence-corrected chi connectivity index (χ2v) is 7.37. The fourth-order valence-electron chi connectivity index (χ4n) is 3.34. The smallest absolute Gasteiger partial charge is 0.250 e. The van der Waals surface area contributed by atoms with Crippen molar-refractivity contribution in [3.63, 3.8) is 0 Å². The number of anilines is 1. The van der Waals surface area contributed by atoms with Gasteiger partial charge in [0.15, 0.2) is 0 Å². The van der Waals surface area contributed by atoms with E-state index < -0.39 is 0 Å². The van der Waals surface area contributed by atoms with E-state index in [0.717, 1.165) is 17.5 Å². The van der Waals surface area contributed by atoms with Gasteiger partial charge in [-0.1, -0.05) is 41.9 Å². The predicted molar refractivity (Wildman–Crippen MR) is 107 cm³/mol. The van der Waals surface area contributed by atoms with E-state index in [1.54, 1.807) is 30.5 Å². The van der Waals surface area contributed by atoms with Gasteiger partial charge in [0.1, 0.15) is 5.82 Å². The Bertz CT molecular complexity index is 1080. The SMILES string of the molecule is O=C(Nc1ccc(=O)n(Cc2ccccc2Cl)c1)[C@@H]1C[C@@H]1c1ccc(F)cc1. The van der Waals surface area contributed by atoms with Crippen molar-refractivity contribution in [1.82, 2.24) is 4.57 Å². The molecule has 1 saturated carbocycles. The van der Waals surface area contributed by atoms with Crippen LogP contribution in [0.25, 0.3) is 0 Å². The molecule has 2 atom stereocenters. The third-order valence-electron chi connectivity index (χ3n) is 4.97. The minimum Gasteiger partial charge on any atom is -0.325 e. The van der Waals surface area contributed by atoms with Gasteiger partial charge < -0.3 is 9.88 Å². The molecule has 3 aromatic rings. The number of carbonyl (C=O) groups is 1. The van der Waals surface area contributed by atoms with Crippen molar-refractivity contribution in [2.24, 2.45) is 5.92 Å². The van der Waals surface area contributed by atoms with E-state index in [4.69, 9.17) is 11.6 Å². The Balaban J connectivity index is 1.45. The molecule has 4 rings (SSSR count). The first-order chi connectivity index (χ1) is 13.5. The van der Waals surface area contributed by atoms with E-state index in [0.29, 0.717) is 17.3 Å². The van der Waals surface area contributed by atoms with E-state index in [2.05, 4.69) is 5.32 Å². The maximum atomic E-state index is 13.0. The summed E-state index contributed by atoms with van der Waals surface area (Å²) in [6, 6.07) is 16.6. The fraction of sp³-hybridized carbons (Fsp3) is 0.182. The number of hydrogen-bond donors (Lipinski definition) is 1. The second kappa shape index (κ2) is 7.60. The number of nitrogens with one attached hydrogen (secondary N) is 1. The highest BCUT2D eigenvalue weighted by molar-refractivity contribution is 6.31. The van der Waals surface area contributed by atoms with Crippen LogP contribution in [0.15, 0.2) is 71.7 Å². The van der Waals surface area contributed by atoms with Gasteiger partial charge in [0, 0.05) is 23.2 Å². The first-order valence-corrected chi connectivity index (χ1v) is 9.39. The molecule has 0 bridgehead atoms. The minimum atomic E-state index is -0.286. The first-order valence-electron chi connectivity index (χ1n) is 9.01. The Morgan fingerprint density at radius 1 is 1.11 bits per heavy atom. The number of benzene rings is 2. The number of nitrogens with zero attached hydrogens (tertiary/aromatic N) is 1.